The van der Waals surface area contributed by atoms with Crippen molar-refractivity contribution in [3.63, 3.8) is 0 Å². The summed E-state index contributed by atoms with van der Waals surface area (Å²) in [6.45, 7) is 0. The Balaban J connectivity index is -0.0000000480. The van der Waals surface area contributed by atoms with Crippen LogP contribution < -0.4 is 0 Å². The quantitative estimate of drug-likeness (QED) is 0.440. The summed E-state index contributed by atoms with van der Waals surface area (Å²) >= 11 is 0.125. The number of rotatable bonds is 0. The van der Waals surface area contributed by atoms with Gasteiger partial charge in [-0.25, -0.2) is 0 Å². The van der Waals surface area contributed by atoms with Crippen molar-refractivity contribution >= 4 is 8.25 Å². The molecule has 0 saturated heterocycles. The van der Waals surface area contributed by atoms with Crippen LogP contribution in [0.25, 0.3) is 0 Å². The zero-order valence-electron chi connectivity index (χ0n) is 3.42. The van der Waals surface area contributed by atoms with Gasteiger partial charge in [0.2, 0.25) is 0 Å². The van der Waals surface area contributed by atoms with E-state index >= 15 is 0 Å². The third-order valence-electron chi connectivity index (χ3n) is 0. The fourth-order valence-corrected chi connectivity index (χ4v) is 0. The fraction of sp³-hybridized carbons (Fsp3) is 0. The molecule has 0 spiro atoms. The molecule has 0 aromatic carbocycles. The third kappa shape index (κ3) is 105. The van der Waals surface area contributed by atoms with Crippen molar-refractivity contribution in [3.05, 3.63) is 0 Å². The molecular formula is H3O4PZnZr. The van der Waals surface area contributed by atoms with E-state index in [9.17, 15) is 0 Å². The van der Waals surface area contributed by atoms with Gasteiger partial charge in [0.1, 0.15) is 0 Å². The Kier molecular flexibility index (Phi) is 35.3. The standard InChI is InChI=1S/H3O3P.O.Zn.Zr/c1-4(2)3;;;/h4H,(H2,1,2,3);;;. The molecule has 0 aliphatic heterocycles. The Hall–Kier alpha value is 1.46. The number of hydrogen-bond donors (Lipinski definition) is 2. The Labute approximate surface area is 70.3 Å². The molecule has 0 rings (SSSR count). The number of hydrogen-bond acceptors (Lipinski definition) is 2. The van der Waals surface area contributed by atoms with Crippen LogP contribution in [-0.4, -0.2) is 9.79 Å². The summed E-state index contributed by atoms with van der Waals surface area (Å²) < 4.78 is 17.1. The molecule has 38 valence electrons. The van der Waals surface area contributed by atoms with E-state index in [4.69, 9.17) is 17.9 Å². The summed E-state index contributed by atoms with van der Waals surface area (Å²) in [6, 6.07) is 0. The molecule has 2 N–H and O–H groups in total. The minimum absolute atomic E-state index is 0. The van der Waals surface area contributed by atoms with Crippen LogP contribution in [0.3, 0.4) is 0 Å². The molecule has 7 heavy (non-hydrogen) atoms. The van der Waals surface area contributed by atoms with Crippen LogP contribution in [0, 0.1) is 0 Å². The maximum absolute atomic E-state index is 8.74. The Morgan fingerprint density at radius 1 is 1.29 bits per heavy atom. The monoisotopic (exact) mass is 252 g/mol. The van der Waals surface area contributed by atoms with Gasteiger partial charge in [0.15, 0.2) is 0 Å². The van der Waals surface area contributed by atoms with Crippen molar-refractivity contribution < 1.29 is 62.4 Å². The van der Waals surface area contributed by atoms with Crippen molar-refractivity contribution in [2.75, 3.05) is 0 Å². The summed E-state index contributed by atoms with van der Waals surface area (Å²) in [5.74, 6) is 0. The predicted molar refractivity (Wildman–Crippen MR) is 14.1 cm³/mol. The van der Waals surface area contributed by atoms with Gasteiger partial charge in [-0.3, -0.25) is 4.57 Å². The first-order chi connectivity index (χ1) is 2.73. The Bertz CT molecular complexity index is 43.0. The van der Waals surface area contributed by atoms with Gasteiger partial charge in [0, 0.05) is 26.2 Å². The summed E-state index contributed by atoms with van der Waals surface area (Å²) in [4.78, 5) is 14.3. The van der Waals surface area contributed by atoms with E-state index in [1.54, 1.807) is 0 Å². The van der Waals surface area contributed by atoms with E-state index in [0.717, 1.165) is 0 Å². The maximum Gasteiger partial charge on any atom is 0 e. The normalized spacial score (nSPS) is 5.86. The van der Waals surface area contributed by atoms with Crippen molar-refractivity contribution in [3.8, 4) is 0 Å². The maximum atomic E-state index is 8.74. The van der Waals surface area contributed by atoms with Gasteiger partial charge >= 0.3 is 30.1 Å². The van der Waals surface area contributed by atoms with E-state index in [1.165, 1.54) is 0 Å². The molecule has 0 fully saturated rings. The molecule has 0 saturated carbocycles. The van der Waals surface area contributed by atoms with Gasteiger partial charge in [-0.05, 0) is 0 Å². The molecule has 0 amide bonds. The van der Waals surface area contributed by atoms with E-state index in [0.29, 0.717) is 0 Å². The molecular weight excluding hydrogens is 252 g/mol. The van der Waals surface area contributed by atoms with Gasteiger partial charge in [0.05, 0.1) is 0 Å². The molecule has 0 bridgehead atoms. The zero-order valence-corrected chi connectivity index (χ0v) is 9.84. The van der Waals surface area contributed by atoms with E-state index < -0.39 is 8.25 Å². The summed E-state index contributed by atoms with van der Waals surface area (Å²) in [5.41, 5.74) is 0. The molecule has 0 unspecified atom stereocenters. The van der Waals surface area contributed by atoms with Crippen LogP contribution in [0.1, 0.15) is 0 Å². The van der Waals surface area contributed by atoms with Crippen molar-refractivity contribution in [1.82, 2.24) is 0 Å². The first kappa shape index (κ1) is 15.8. The molecule has 0 radical (unpaired) electrons. The minimum atomic E-state index is -3.13. The van der Waals surface area contributed by atoms with Crippen LogP contribution in [0.15, 0.2) is 0 Å². The fourth-order valence-electron chi connectivity index (χ4n) is 0. The SMILES string of the molecule is O=[PH](O)O.[O]=[Zn].[Zr]. The van der Waals surface area contributed by atoms with E-state index in [1.807, 2.05) is 0 Å². The van der Waals surface area contributed by atoms with Gasteiger partial charge in [0.25, 0.3) is 0 Å². The van der Waals surface area contributed by atoms with Crippen LogP contribution in [0.5, 0.6) is 0 Å². The molecule has 4 nitrogen and oxygen atoms in total. The predicted octanol–water partition coefficient (Wildman–Crippen LogP) is -0.763. The molecule has 7 heteroatoms. The van der Waals surface area contributed by atoms with Crippen LogP contribution in [0.2, 0.25) is 0 Å². The van der Waals surface area contributed by atoms with Crippen LogP contribution in [-0.2, 0) is 52.6 Å². The molecule has 0 heterocycles. The molecule has 0 atom stereocenters. The average molecular weight is 255 g/mol. The van der Waals surface area contributed by atoms with Crippen LogP contribution >= 0.6 is 8.25 Å². The van der Waals surface area contributed by atoms with Gasteiger partial charge in [-0.15, -0.1) is 0 Å². The molecule has 0 aliphatic rings. The first-order valence-electron chi connectivity index (χ1n) is 0.940. The second kappa shape index (κ2) is 15.7. The Morgan fingerprint density at radius 3 is 1.29 bits per heavy atom. The van der Waals surface area contributed by atoms with Crippen LogP contribution in [0.4, 0.5) is 0 Å². The minimum Gasteiger partial charge on any atom is 0 e. The third-order valence-corrected chi connectivity index (χ3v) is 0. The average Bonchev–Trinajstić information content (AvgIpc) is 1.41. The summed E-state index contributed by atoms with van der Waals surface area (Å²) in [5, 5.41) is 0. The first-order valence-corrected chi connectivity index (χ1v) is 3.45. The summed E-state index contributed by atoms with van der Waals surface area (Å²) in [7, 11) is -3.13. The molecule has 0 aliphatic carbocycles. The van der Waals surface area contributed by atoms with Gasteiger partial charge < -0.3 is 9.79 Å². The Morgan fingerprint density at radius 2 is 1.29 bits per heavy atom. The second-order valence-electron chi connectivity index (χ2n) is 0.283. The van der Waals surface area contributed by atoms with Crippen molar-refractivity contribution in [2.45, 2.75) is 0 Å². The van der Waals surface area contributed by atoms with Gasteiger partial charge in [-0.2, -0.15) is 0 Å². The van der Waals surface area contributed by atoms with Gasteiger partial charge in [-0.1, -0.05) is 0 Å². The topological polar surface area (TPSA) is 74.6 Å². The van der Waals surface area contributed by atoms with Crippen molar-refractivity contribution in [2.24, 2.45) is 0 Å². The molecule has 0 aromatic rings. The largest absolute Gasteiger partial charge is 0 e. The van der Waals surface area contributed by atoms with E-state index in [-0.39, 0.29) is 44.5 Å². The van der Waals surface area contributed by atoms with E-state index in [2.05, 4.69) is 0 Å². The summed E-state index contributed by atoms with van der Waals surface area (Å²) in [6.07, 6.45) is 0. The smallest absolute Gasteiger partial charge is 0 e. The van der Waals surface area contributed by atoms with Crippen molar-refractivity contribution in [1.29, 1.82) is 0 Å². The zero-order chi connectivity index (χ0) is 5.58. The molecule has 0 aromatic heterocycles. The second-order valence-corrected chi connectivity index (χ2v) is 0.848.